The van der Waals surface area contributed by atoms with E-state index in [4.69, 9.17) is 10.8 Å². The number of aromatic nitrogens is 1. The molecule has 0 saturated heterocycles. The fraction of sp³-hybridized carbons (Fsp3) is 0.286. The van der Waals surface area contributed by atoms with Crippen molar-refractivity contribution in [3.63, 3.8) is 0 Å². The highest BCUT2D eigenvalue weighted by Crippen LogP contribution is 2.31. The maximum atomic E-state index is 12.0. The molecule has 3 nitrogen and oxygen atoms in total. The van der Waals surface area contributed by atoms with E-state index in [1.165, 1.54) is 0 Å². The van der Waals surface area contributed by atoms with Gasteiger partial charge >= 0.3 is 6.18 Å². The molecule has 1 aromatic heterocycles. The molecular formula is C7H7F3N2O. The summed E-state index contributed by atoms with van der Waals surface area (Å²) in [5.74, 6) is -0.530. The Labute approximate surface area is 72.0 Å². The van der Waals surface area contributed by atoms with E-state index < -0.39 is 17.5 Å². The summed E-state index contributed by atoms with van der Waals surface area (Å²) >= 11 is 0. The van der Waals surface area contributed by atoms with E-state index in [0.29, 0.717) is 12.3 Å². The molecule has 6 heteroatoms. The number of halogens is 3. The number of nitrogens with two attached hydrogens (primary N) is 1. The lowest BCUT2D eigenvalue weighted by Crippen LogP contribution is -2.07. The van der Waals surface area contributed by atoms with Gasteiger partial charge in [0.05, 0.1) is 11.3 Å². The van der Waals surface area contributed by atoms with Crippen molar-refractivity contribution in [2.75, 3.05) is 0 Å². The highest BCUT2D eigenvalue weighted by molar-refractivity contribution is 5.31. The molecule has 1 heterocycles. The van der Waals surface area contributed by atoms with Gasteiger partial charge in [-0.05, 0) is 6.07 Å². The normalized spacial score (nSPS) is 11.7. The number of rotatable bonds is 1. The molecule has 0 fully saturated rings. The maximum Gasteiger partial charge on any atom is 0.418 e. The molecule has 1 aromatic rings. The zero-order valence-corrected chi connectivity index (χ0v) is 6.47. The second-order valence-corrected chi connectivity index (χ2v) is 2.39. The van der Waals surface area contributed by atoms with Gasteiger partial charge in [0.25, 0.3) is 0 Å². The van der Waals surface area contributed by atoms with Gasteiger partial charge in [-0.25, -0.2) is 0 Å². The molecule has 0 amide bonds. The average molecular weight is 192 g/mol. The molecular weight excluding hydrogens is 185 g/mol. The molecule has 0 unspecified atom stereocenters. The Bertz CT molecular complexity index is 311. The van der Waals surface area contributed by atoms with Gasteiger partial charge in [0.2, 0.25) is 0 Å². The van der Waals surface area contributed by atoms with Crippen molar-refractivity contribution in [1.82, 2.24) is 4.98 Å². The van der Waals surface area contributed by atoms with E-state index in [9.17, 15) is 13.2 Å². The summed E-state index contributed by atoms with van der Waals surface area (Å²) in [5.41, 5.74) is 4.17. The van der Waals surface area contributed by atoms with Crippen LogP contribution in [0.3, 0.4) is 0 Å². The van der Waals surface area contributed by atoms with Gasteiger partial charge in [0.15, 0.2) is 0 Å². The summed E-state index contributed by atoms with van der Waals surface area (Å²) in [6.45, 7) is -0.0933. The predicted molar refractivity (Wildman–Crippen MR) is 38.8 cm³/mol. The van der Waals surface area contributed by atoms with E-state index in [0.717, 1.165) is 0 Å². The van der Waals surface area contributed by atoms with Crippen LogP contribution in [0.25, 0.3) is 0 Å². The summed E-state index contributed by atoms with van der Waals surface area (Å²) in [5, 5.41) is 9.01. The minimum atomic E-state index is -4.49. The van der Waals surface area contributed by atoms with Crippen LogP contribution in [0.1, 0.15) is 11.3 Å². The number of alkyl halides is 3. The summed E-state index contributed by atoms with van der Waals surface area (Å²) in [4.78, 5) is 3.37. The average Bonchev–Trinajstić information content (AvgIpc) is 2.02. The van der Waals surface area contributed by atoms with Crippen LogP contribution in [-0.2, 0) is 12.7 Å². The maximum absolute atomic E-state index is 12.0. The Hall–Kier alpha value is -1.30. The SMILES string of the molecule is NCc1ncc(C(F)(F)F)cc1O. The first-order chi connectivity index (χ1) is 5.95. The molecule has 0 aliphatic heterocycles. The second kappa shape index (κ2) is 3.21. The van der Waals surface area contributed by atoms with Crippen LogP contribution in [0, 0.1) is 0 Å². The fourth-order valence-electron chi connectivity index (χ4n) is 0.794. The van der Waals surface area contributed by atoms with E-state index in [1.54, 1.807) is 0 Å². The van der Waals surface area contributed by atoms with Gasteiger partial charge < -0.3 is 10.8 Å². The summed E-state index contributed by atoms with van der Waals surface area (Å²) < 4.78 is 36.1. The minimum Gasteiger partial charge on any atom is -0.506 e. The third-order valence-corrected chi connectivity index (χ3v) is 1.47. The highest BCUT2D eigenvalue weighted by atomic mass is 19.4. The highest BCUT2D eigenvalue weighted by Gasteiger charge is 2.31. The molecule has 3 N–H and O–H groups in total. The van der Waals surface area contributed by atoms with Crippen LogP contribution in [0.5, 0.6) is 5.75 Å². The monoisotopic (exact) mass is 192 g/mol. The van der Waals surface area contributed by atoms with Crippen LogP contribution >= 0.6 is 0 Å². The standard InChI is InChI=1S/C7H7F3N2O/c8-7(9,10)4-1-6(13)5(2-11)12-3-4/h1,3,13H,2,11H2. The largest absolute Gasteiger partial charge is 0.506 e. The van der Waals surface area contributed by atoms with Gasteiger partial charge in [-0.2, -0.15) is 13.2 Å². The first-order valence-electron chi connectivity index (χ1n) is 3.40. The van der Waals surface area contributed by atoms with Crippen molar-refractivity contribution in [3.05, 3.63) is 23.5 Å². The summed E-state index contributed by atoms with van der Waals surface area (Å²) in [6, 6.07) is 0.606. The third kappa shape index (κ3) is 2.09. The molecule has 0 bridgehead atoms. The van der Waals surface area contributed by atoms with Crippen molar-refractivity contribution in [1.29, 1.82) is 0 Å². The molecule has 0 radical (unpaired) electrons. The Morgan fingerprint density at radius 3 is 2.46 bits per heavy atom. The lowest BCUT2D eigenvalue weighted by atomic mass is 10.2. The lowest BCUT2D eigenvalue weighted by molar-refractivity contribution is -0.138. The van der Waals surface area contributed by atoms with Crippen LogP contribution in [0.15, 0.2) is 12.3 Å². The molecule has 13 heavy (non-hydrogen) atoms. The zero-order chi connectivity index (χ0) is 10.1. The van der Waals surface area contributed by atoms with Crippen molar-refractivity contribution in [2.24, 2.45) is 5.73 Å². The molecule has 72 valence electrons. The molecule has 0 spiro atoms. The molecule has 1 rings (SSSR count). The number of aromatic hydroxyl groups is 1. The molecule has 0 aliphatic rings. The van der Waals surface area contributed by atoms with Gasteiger partial charge in [0.1, 0.15) is 5.75 Å². The number of nitrogens with zero attached hydrogens (tertiary/aromatic N) is 1. The number of hydrogen-bond donors (Lipinski definition) is 2. The Balaban J connectivity index is 3.10. The van der Waals surface area contributed by atoms with Crippen molar-refractivity contribution >= 4 is 0 Å². The molecule has 0 saturated carbocycles. The van der Waals surface area contributed by atoms with Crippen LogP contribution in [0.2, 0.25) is 0 Å². The molecule has 0 atom stereocenters. The van der Waals surface area contributed by atoms with E-state index in [2.05, 4.69) is 4.98 Å². The quantitative estimate of drug-likeness (QED) is 0.704. The first kappa shape index (κ1) is 9.79. The van der Waals surface area contributed by atoms with Gasteiger partial charge in [-0.15, -0.1) is 0 Å². The van der Waals surface area contributed by atoms with E-state index >= 15 is 0 Å². The van der Waals surface area contributed by atoms with Crippen LogP contribution in [-0.4, -0.2) is 10.1 Å². The van der Waals surface area contributed by atoms with E-state index in [1.807, 2.05) is 0 Å². The lowest BCUT2D eigenvalue weighted by Gasteiger charge is -2.07. The van der Waals surface area contributed by atoms with Gasteiger partial charge in [0, 0.05) is 12.7 Å². The van der Waals surface area contributed by atoms with Gasteiger partial charge in [-0.3, -0.25) is 4.98 Å². The number of hydrogen-bond acceptors (Lipinski definition) is 3. The first-order valence-corrected chi connectivity index (χ1v) is 3.40. The fourth-order valence-corrected chi connectivity index (χ4v) is 0.794. The third-order valence-electron chi connectivity index (χ3n) is 1.47. The van der Waals surface area contributed by atoms with Gasteiger partial charge in [-0.1, -0.05) is 0 Å². The van der Waals surface area contributed by atoms with Crippen molar-refractivity contribution < 1.29 is 18.3 Å². The van der Waals surface area contributed by atoms with Crippen LogP contribution in [0.4, 0.5) is 13.2 Å². The molecule has 0 aliphatic carbocycles. The number of pyridine rings is 1. The minimum absolute atomic E-state index is 0.0491. The van der Waals surface area contributed by atoms with Crippen LogP contribution < -0.4 is 5.73 Å². The van der Waals surface area contributed by atoms with E-state index in [-0.39, 0.29) is 12.2 Å². The Kier molecular flexibility index (Phi) is 2.42. The summed E-state index contributed by atoms with van der Waals surface area (Å²) in [6.07, 6.45) is -3.85. The second-order valence-electron chi connectivity index (χ2n) is 2.39. The topological polar surface area (TPSA) is 59.1 Å². The summed E-state index contributed by atoms with van der Waals surface area (Å²) in [7, 11) is 0. The van der Waals surface area contributed by atoms with Crippen molar-refractivity contribution in [3.8, 4) is 5.75 Å². The Morgan fingerprint density at radius 2 is 2.08 bits per heavy atom. The zero-order valence-electron chi connectivity index (χ0n) is 6.47. The molecule has 0 aromatic carbocycles. The smallest absolute Gasteiger partial charge is 0.418 e. The van der Waals surface area contributed by atoms with Crippen molar-refractivity contribution in [2.45, 2.75) is 12.7 Å². The predicted octanol–water partition coefficient (Wildman–Crippen LogP) is 1.26. The Morgan fingerprint density at radius 1 is 1.46 bits per heavy atom.